The van der Waals surface area contributed by atoms with Gasteiger partial charge >= 0.3 is 0 Å². The highest BCUT2D eigenvalue weighted by molar-refractivity contribution is 7.89. The first-order valence-corrected chi connectivity index (χ1v) is 9.45. The second-order valence-electron chi connectivity index (χ2n) is 5.94. The Morgan fingerprint density at radius 3 is 2.52 bits per heavy atom. The molecule has 0 aliphatic heterocycles. The Labute approximate surface area is 156 Å². The zero-order valence-electron chi connectivity index (χ0n) is 15.0. The smallest absolute Gasteiger partial charge is 0.243 e. The first-order chi connectivity index (χ1) is 12.8. The number of aryl methyl sites for hydroxylation is 1. The predicted molar refractivity (Wildman–Crippen MR) is 96.1 cm³/mol. The van der Waals surface area contributed by atoms with Gasteiger partial charge in [-0.05, 0) is 25.1 Å². The maximum atomic E-state index is 13.8. The molecule has 1 heterocycles. The van der Waals surface area contributed by atoms with E-state index >= 15 is 0 Å². The van der Waals surface area contributed by atoms with Crippen molar-refractivity contribution >= 4 is 10.0 Å². The maximum Gasteiger partial charge on any atom is 0.243 e. The first kappa shape index (κ1) is 19.0. The Kier molecular flexibility index (Phi) is 5.24. The van der Waals surface area contributed by atoms with Crippen LogP contribution in [0, 0.1) is 12.7 Å². The number of ether oxygens (including phenoxy) is 1. The van der Waals surface area contributed by atoms with Crippen LogP contribution in [0.3, 0.4) is 0 Å². The molecule has 2 aromatic carbocycles. The molecule has 0 saturated heterocycles. The van der Waals surface area contributed by atoms with E-state index in [-0.39, 0.29) is 23.1 Å². The average Bonchev–Trinajstić information content (AvgIpc) is 3.10. The molecule has 0 bridgehead atoms. The summed E-state index contributed by atoms with van der Waals surface area (Å²) in [5.74, 6) is -0.292. The number of aromatic nitrogens is 2. The molecule has 0 saturated carbocycles. The van der Waals surface area contributed by atoms with Crippen LogP contribution < -0.4 is 4.74 Å². The highest BCUT2D eigenvalue weighted by atomic mass is 32.2. The summed E-state index contributed by atoms with van der Waals surface area (Å²) in [6.45, 7) is 1.82. The minimum Gasteiger partial charge on any atom is -0.494 e. The summed E-state index contributed by atoms with van der Waals surface area (Å²) in [4.78, 5) is 4.03. The molecule has 7 nitrogen and oxygen atoms in total. The van der Waals surface area contributed by atoms with Gasteiger partial charge in [-0.3, -0.25) is 0 Å². The number of hydrogen-bond donors (Lipinski definition) is 0. The third-order valence-corrected chi connectivity index (χ3v) is 5.77. The van der Waals surface area contributed by atoms with Gasteiger partial charge in [0.15, 0.2) is 11.6 Å². The predicted octanol–water partition coefficient (Wildman–Crippen LogP) is 3.01. The van der Waals surface area contributed by atoms with Gasteiger partial charge in [-0.1, -0.05) is 35.0 Å². The molecule has 0 spiro atoms. The van der Waals surface area contributed by atoms with Crippen molar-refractivity contribution in [2.75, 3.05) is 14.2 Å². The summed E-state index contributed by atoms with van der Waals surface area (Å²) in [6.07, 6.45) is 0. The summed E-state index contributed by atoms with van der Waals surface area (Å²) in [7, 11) is -1.28. The van der Waals surface area contributed by atoms with Crippen LogP contribution >= 0.6 is 0 Å². The van der Waals surface area contributed by atoms with E-state index in [9.17, 15) is 12.8 Å². The molecule has 3 rings (SSSR count). The van der Waals surface area contributed by atoms with Crippen molar-refractivity contribution in [2.45, 2.75) is 18.4 Å². The number of hydrogen-bond acceptors (Lipinski definition) is 6. The number of methoxy groups -OCH3 is 1. The maximum absolute atomic E-state index is 13.8. The molecule has 142 valence electrons. The summed E-state index contributed by atoms with van der Waals surface area (Å²) in [6, 6.07) is 11.0. The molecule has 0 atom stereocenters. The highest BCUT2D eigenvalue weighted by Crippen LogP contribution is 2.24. The SMILES string of the molecule is COc1ccc(S(=O)(=O)N(C)Cc2nc(-c3ccc(C)cc3)no2)cc1F. The van der Waals surface area contributed by atoms with Gasteiger partial charge in [-0.25, -0.2) is 12.8 Å². The fourth-order valence-corrected chi connectivity index (χ4v) is 3.53. The van der Waals surface area contributed by atoms with Gasteiger partial charge in [0.1, 0.15) is 0 Å². The zero-order valence-corrected chi connectivity index (χ0v) is 15.8. The lowest BCUT2D eigenvalue weighted by molar-refractivity contribution is 0.336. The Balaban J connectivity index is 1.79. The van der Waals surface area contributed by atoms with E-state index in [4.69, 9.17) is 9.26 Å². The van der Waals surface area contributed by atoms with Crippen LogP contribution in [-0.4, -0.2) is 37.0 Å². The molecule has 3 aromatic rings. The van der Waals surface area contributed by atoms with Crippen molar-refractivity contribution in [3.05, 3.63) is 59.7 Å². The van der Waals surface area contributed by atoms with Crippen LogP contribution in [0.1, 0.15) is 11.5 Å². The van der Waals surface area contributed by atoms with Crippen LogP contribution in [-0.2, 0) is 16.6 Å². The number of sulfonamides is 1. The molecular formula is C18H18FN3O4S. The van der Waals surface area contributed by atoms with Gasteiger partial charge < -0.3 is 9.26 Å². The van der Waals surface area contributed by atoms with Crippen molar-refractivity contribution < 1.29 is 22.1 Å². The van der Waals surface area contributed by atoms with Crippen molar-refractivity contribution in [1.29, 1.82) is 0 Å². The summed E-state index contributed by atoms with van der Waals surface area (Å²) >= 11 is 0. The molecule has 1 aromatic heterocycles. The van der Waals surface area contributed by atoms with E-state index in [0.29, 0.717) is 5.82 Å². The van der Waals surface area contributed by atoms with Crippen molar-refractivity contribution in [1.82, 2.24) is 14.4 Å². The zero-order chi connectivity index (χ0) is 19.6. The number of halogens is 1. The van der Waals surface area contributed by atoms with Gasteiger partial charge in [0.25, 0.3) is 0 Å². The molecular weight excluding hydrogens is 373 g/mol. The fourth-order valence-electron chi connectivity index (χ4n) is 2.40. The second-order valence-corrected chi connectivity index (χ2v) is 7.98. The van der Waals surface area contributed by atoms with Gasteiger partial charge in [-0.2, -0.15) is 9.29 Å². The summed E-state index contributed by atoms with van der Waals surface area (Å²) < 4.78 is 50.1. The lowest BCUT2D eigenvalue weighted by Crippen LogP contribution is -2.26. The Morgan fingerprint density at radius 2 is 1.89 bits per heavy atom. The normalized spacial score (nSPS) is 11.7. The van der Waals surface area contributed by atoms with Crippen LogP contribution in [0.15, 0.2) is 51.9 Å². The minimum atomic E-state index is -3.94. The summed E-state index contributed by atoms with van der Waals surface area (Å²) in [5.41, 5.74) is 1.86. The monoisotopic (exact) mass is 391 g/mol. The Bertz CT molecular complexity index is 1050. The van der Waals surface area contributed by atoms with E-state index in [2.05, 4.69) is 10.1 Å². The molecule has 0 unspecified atom stereocenters. The molecule has 0 amide bonds. The fraction of sp³-hybridized carbons (Fsp3) is 0.222. The van der Waals surface area contributed by atoms with Crippen LogP contribution in [0.4, 0.5) is 4.39 Å². The molecule has 27 heavy (non-hydrogen) atoms. The molecule has 9 heteroatoms. The lowest BCUT2D eigenvalue weighted by Gasteiger charge is -2.15. The Hall–Kier alpha value is -2.78. The summed E-state index contributed by atoms with van der Waals surface area (Å²) in [5, 5.41) is 3.88. The standard InChI is InChI=1S/C18H18FN3O4S/c1-12-4-6-13(7-5-12)18-20-17(26-21-18)11-22(2)27(23,24)14-8-9-16(25-3)15(19)10-14/h4-10H,11H2,1-3H3. The van der Waals surface area contributed by atoms with Crippen molar-refractivity contribution in [2.24, 2.45) is 0 Å². The quantitative estimate of drug-likeness (QED) is 0.642. The van der Waals surface area contributed by atoms with Crippen molar-refractivity contribution in [3.63, 3.8) is 0 Å². The number of rotatable bonds is 6. The largest absolute Gasteiger partial charge is 0.494 e. The molecule has 0 aliphatic carbocycles. The minimum absolute atomic E-state index is 0.0313. The third-order valence-electron chi connectivity index (χ3n) is 3.97. The highest BCUT2D eigenvalue weighted by Gasteiger charge is 2.24. The van der Waals surface area contributed by atoms with E-state index in [1.165, 1.54) is 26.3 Å². The van der Waals surface area contributed by atoms with Gasteiger partial charge in [0.05, 0.1) is 18.6 Å². The third kappa shape index (κ3) is 3.99. The average molecular weight is 391 g/mol. The topological polar surface area (TPSA) is 85.5 Å². The van der Waals surface area contributed by atoms with Crippen LogP contribution in [0.2, 0.25) is 0 Å². The van der Waals surface area contributed by atoms with E-state index in [1.54, 1.807) is 0 Å². The Morgan fingerprint density at radius 1 is 1.19 bits per heavy atom. The second kappa shape index (κ2) is 7.45. The molecule has 0 N–H and O–H groups in total. The molecule has 0 radical (unpaired) electrons. The van der Waals surface area contributed by atoms with Gasteiger partial charge in [-0.15, -0.1) is 0 Å². The lowest BCUT2D eigenvalue weighted by atomic mass is 10.1. The van der Waals surface area contributed by atoms with Crippen LogP contribution in [0.25, 0.3) is 11.4 Å². The van der Waals surface area contributed by atoms with Gasteiger partial charge in [0.2, 0.25) is 21.7 Å². The number of benzene rings is 2. The van der Waals surface area contributed by atoms with E-state index < -0.39 is 15.8 Å². The first-order valence-electron chi connectivity index (χ1n) is 8.01. The van der Waals surface area contributed by atoms with Crippen molar-refractivity contribution in [3.8, 4) is 17.1 Å². The van der Waals surface area contributed by atoms with E-state index in [1.807, 2.05) is 31.2 Å². The molecule has 0 aliphatic rings. The van der Waals surface area contributed by atoms with Gasteiger partial charge in [0, 0.05) is 12.6 Å². The molecule has 0 fully saturated rings. The number of nitrogens with zero attached hydrogens (tertiary/aromatic N) is 3. The van der Waals surface area contributed by atoms with Crippen LogP contribution in [0.5, 0.6) is 5.75 Å². The van der Waals surface area contributed by atoms with E-state index in [0.717, 1.165) is 21.5 Å².